The van der Waals surface area contributed by atoms with Gasteiger partial charge in [0.1, 0.15) is 11.5 Å². The number of ether oxygens (including phenoxy) is 2. The van der Waals surface area contributed by atoms with E-state index >= 15 is 0 Å². The molecule has 0 saturated heterocycles. The zero-order valence-corrected chi connectivity index (χ0v) is 15.0. The molecule has 2 N–H and O–H groups in total. The summed E-state index contributed by atoms with van der Waals surface area (Å²) in [5.74, 6) is 1.60. The average molecular weight is 349 g/mol. The van der Waals surface area contributed by atoms with Crippen molar-refractivity contribution in [2.45, 2.75) is 19.8 Å². The normalized spacial score (nSPS) is 10.3. The molecule has 0 amide bonds. The standard InChI is InChI=1S/C19H25ClN2O2/c1-3-4-13-24-17-8-5-15(6-9-17)21-11-12-22-16-7-10-19(23-2)18(20)14-16/h5-10,14,21-22H,3-4,11-13H2,1-2H3. The second-order valence-corrected chi connectivity index (χ2v) is 5.84. The molecule has 0 spiro atoms. The van der Waals surface area contributed by atoms with Gasteiger partial charge in [-0.05, 0) is 48.9 Å². The van der Waals surface area contributed by atoms with E-state index in [1.807, 2.05) is 42.5 Å². The molecule has 0 bridgehead atoms. The van der Waals surface area contributed by atoms with Crippen LogP contribution in [0.2, 0.25) is 5.02 Å². The van der Waals surface area contributed by atoms with Crippen LogP contribution in [-0.4, -0.2) is 26.8 Å². The molecule has 5 heteroatoms. The molecule has 2 rings (SSSR count). The minimum Gasteiger partial charge on any atom is -0.495 e. The van der Waals surface area contributed by atoms with E-state index in [0.29, 0.717) is 10.8 Å². The Bertz CT molecular complexity index is 617. The number of hydrogen-bond donors (Lipinski definition) is 2. The van der Waals surface area contributed by atoms with Crippen LogP contribution in [-0.2, 0) is 0 Å². The van der Waals surface area contributed by atoms with E-state index in [0.717, 1.165) is 49.7 Å². The third-order valence-corrected chi connectivity index (χ3v) is 3.85. The molecule has 4 nitrogen and oxygen atoms in total. The van der Waals surface area contributed by atoms with E-state index < -0.39 is 0 Å². The van der Waals surface area contributed by atoms with Gasteiger partial charge in [-0.25, -0.2) is 0 Å². The van der Waals surface area contributed by atoms with E-state index in [1.54, 1.807) is 7.11 Å². The van der Waals surface area contributed by atoms with Gasteiger partial charge in [-0.3, -0.25) is 0 Å². The predicted molar refractivity (Wildman–Crippen MR) is 102 cm³/mol. The Morgan fingerprint density at radius 2 is 1.62 bits per heavy atom. The van der Waals surface area contributed by atoms with E-state index in [9.17, 15) is 0 Å². The molecule has 0 saturated carbocycles. The topological polar surface area (TPSA) is 42.5 Å². The summed E-state index contributed by atoms with van der Waals surface area (Å²) in [4.78, 5) is 0. The first-order chi connectivity index (χ1) is 11.7. The maximum absolute atomic E-state index is 6.11. The maximum Gasteiger partial charge on any atom is 0.137 e. The van der Waals surface area contributed by atoms with Crippen LogP contribution in [0.1, 0.15) is 19.8 Å². The Hall–Kier alpha value is -2.07. The van der Waals surface area contributed by atoms with Crippen LogP contribution >= 0.6 is 11.6 Å². The molecule has 2 aromatic rings. The molecule has 2 aromatic carbocycles. The van der Waals surface area contributed by atoms with E-state index in [2.05, 4.69) is 17.6 Å². The van der Waals surface area contributed by atoms with Gasteiger partial charge >= 0.3 is 0 Å². The summed E-state index contributed by atoms with van der Waals surface area (Å²) in [5, 5.41) is 7.30. The zero-order chi connectivity index (χ0) is 17.2. The van der Waals surface area contributed by atoms with Gasteiger partial charge < -0.3 is 20.1 Å². The molecule has 0 aromatic heterocycles. The quantitative estimate of drug-likeness (QED) is 0.589. The molecule has 130 valence electrons. The summed E-state index contributed by atoms with van der Waals surface area (Å²) in [5.41, 5.74) is 2.05. The van der Waals surface area contributed by atoms with Crippen molar-refractivity contribution in [3.05, 3.63) is 47.5 Å². The summed E-state index contributed by atoms with van der Waals surface area (Å²) in [7, 11) is 1.61. The number of unbranched alkanes of at least 4 members (excludes halogenated alkanes) is 1. The maximum atomic E-state index is 6.11. The van der Waals surface area contributed by atoms with Gasteiger partial charge in [-0.2, -0.15) is 0 Å². The van der Waals surface area contributed by atoms with Crippen LogP contribution in [0.5, 0.6) is 11.5 Å². The number of methoxy groups -OCH3 is 1. The first kappa shape index (κ1) is 18.3. The van der Waals surface area contributed by atoms with Crippen molar-refractivity contribution >= 4 is 23.0 Å². The van der Waals surface area contributed by atoms with Crippen LogP contribution in [0.3, 0.4) is 0 Å². The Kier molecular flexibility index (Phi) is 7.56. The number of benzene rings is 2. The molecule has 0 aliphatic carbocycles. The van der Waals surface area contributed by atoms with Gasteiger partial charge in [0.15, 0.2) is 0 Å². The monoisotopic (exact) mass is 348 g/mol. The van der Waals surface area contributed by atoms with Crippen LogP contribution in [0.25, 0.3) is 0 Å². The zero-order valence-electron chi connectivity index (χ0n) is 14.3. The van der Waals surface area contributed by atoms with Crippen molar-refractivity contribution in [3.63, 3.8) is 0 Å². The molecule has 0 fully saturated rings. The summed E-state index contributed by atoms with van der Waals surface area (Å²) in [6, 6.07) is 13.7. The Labute approximate surface area is 149 Å². The van der Waals surface area contributed by atoms with Crippen LogP contribution in [0.4, 0.5) is 11.4 Å². The van der Waals surface area contributed by atoms with E-state index in [-0.39, 0.29) is 0 Å². The minimum atomic E-state index is 0.606. The molecule has 0 aliphatic rings. The third-order valence-electron chi connectivity index (χ3n) is 3.56. The van der Waals surface area contributed by atoms with Gasteiger partial charge in [0, 0.05) is 24.5 Å². The van der Waals surface area contributed by atoms with E-state index in [1.165, 1.54) is 0 Å². The molecule has 24 heavy (non-hydrogen) atoms. The van der Waals surface area contributed by atoms with Crippen LogP contribution < -0.4 is 20.1 Å². The van der Waals surface area contributed by atoms with Crippen LogP contribution in [0.15, 0.2) is 42.5 Å². The molecular weight excluding hydrogens is 324 g/mol. The molecular formula is C19H25ClN2O2. The molecule has 0 aliphatic heterocycles. The Morgan fingerprint density at radius 3 is 2.25 bits per heavy atom. The number of halogens is 1. The average Bonchev–Trinajstić information content (AvgIpc) is 2.60. The lowest BCUT2D eigenvalue weighted by molar-refractivity contribution is 0.309. The van der Waals surface area contributed by atoms with Crippen molar-refractivity contribution < 1.29 is 9.47 Å². The Balaban J connectivity index is 1.71. The minimum absolute atomic E-state index is 0.606. The molecule has 0 heterocycles. The van der Waals surface area contributed by atoms with Crippen molar-refractivity contribution in [2.24, 2.45) is 0 Å². The SMILES string of the molecule is CCCCOc1ccc(NCCNc2ccc(OC)c(Cl)c2)cc1. The number of hydrogen-bond acceptors (Lipinski definition) is 4. The summed E-state index contributed by atoms with van der Waals surface area (Å²) in [6.45, 7) is 4.53. The summed E-state index contributed by atoms with van der Waals surface area (Å²) in [6.07, 6.45) is 2.23. The first-order valence-electron chi connectivity index (χ1n) is 8.27. The number of anilines is 2. The molecule has 0 radical (unpaired) electrons. The first-order valence-corrected chi connectivity index (χ1v) is 8.65. The largest absolute Gasteiger partial charge is 0.495 e. The number of rotatable bonds is 10. The lowest BCUT2D eigenvalue weighted by Gasteiger charge is -2.11. The summed E-state index contributed by atoms with van der Waals surface area (Å²) >= 11 is 6.11. The van der Waals surface area contributed by atoms with Crippen molar-refractivity contribution in [3.8, 4) is 11.5 Å². The fourth-order valence-corrected chi connectivity index (χ4v) is 2.45. The lowest BCUT2D eigenvalue weighted by atomic mass is 10.3. The van der Waals surface area contributed by atoms with Crippen molar-refractivity contribution in [1.29, 1.82) is 0 Å². The van der Waals surface area contributed by atoms with Gasteiger partial charge in [0.25, 0.3) is 0 Å². The lowest BCUT2D eigenvalue weighted by Crippen LogP contribution is -2.13. The van der Waals surface area contributed by atoms with Crippen LogP contribution in [0, 0.1) is 0 Å². The highest BCUT2D eigenvalue weighted by Crippen LogP contribution is 2.27. The second kappa shape index (κ2) is 9.93. The van der Waals surface area contributed by atoms with Gasteiger partial charge in [-0.1, -0.05) is 24.9 Å². The highest BCUT2D eigenvalue weighted by atomic mass is 35.5. The Morgan fingerprint density at radius 1 is 0.958 bits per heavy atom. The fourth-order valence-electron chi connectivity index (χ4n) is 2.19. The highest BCUT2D eigenvalue weighted by Gasteiger charge is 2.01. The fraction of sp³-hybridized carbons (Fsp3) is 0.368. The van der Waals surface area contributed by atoms with E-state index in [4.69, 9.17) is 21.1 Å². The molecule has 0 unspecified atom stereocenters. The summed E-state index contributed by atoms with van der Waals surface area (Å²) < 4.78 is 10.8. The predicted octanol–water partition coefficient (Wildman–Crippen LogP) is 5.05. The van der Waals surface area contributed by atoms with Gasteiger partial charge in [-0.15, -0.1) is 0 Å². The van der Waals surface area contributed by atoms with Crippen molar-refractivity contribution in [1.82, 2.24) is 0 Å². The highest BCUT2D eigenvalue weighted by molar-refractivity contribution is 6.32. The number of nitrogens with one attached hydrogen (secondary N) is 2. The second-order valence-electron chi connectivity index (χ2n) is 5.43. The van der Waals surface area contributed by atoms with Gasteiger partial charge in [0.05, 0.1) is 18.7 Å². The van der Waals surface area contributed by atoms with Crippen molar-refractivity contribution in [2.75, 3.05) is 37.4 Å². The molecule has 0 atom stereocenters. The third kappa shape index (κ3) is 5.85. The van der Waals surface area contributed by atoms with Gasteiger partial charge in [0.2, 0.25) is 0 Å². The smallest absolute Gasteiger partial charge is 0.137 e.